The fraction of sp³-hybridized carbons (Fsp3) is 0.632. The summed E-state index contributed by atoms with van der Waals surface area (Å²) in [6.45, 7) is 14.8. The average molecular weight is 685 g/mol. The summed E-state index contributed by atoms with van der Waals surface area (Å²) in [6, 6.07) is 10.3. The van der Waals surface area contributed by atoms with Crippen LogP contribution < -0.4 is 21.3 Å². The van der Waals surface area contributed by atoms with Crippen LogP contribution in [0.1, 0.15) is 99.5 Å². The first-order valence-electron chi connectivity index (χ1n) is 17.7. The number of aliphatic hydroxyl groups is 2. The zero-order chi connectivity index (χ0) is 36.7. The highest BCUT2D eigenvalue weighted by Crippen LogP contribution is 2.21. The summed E-state index contributed by atoms with van der Waals surface area (Å²) < 4.78 is 5.48. The summed E-state index contributed by atoms with van der Waals surface area (Å²) in [4.78, 5) is 53.5. The SMILES string of the molecule is CCCC[C@H](NC(=O)[C@H](Cc1cccc2ccccc12)NC(=O)OC(C)(C)C)C(=O)N[C@@H](CC(C)C)[C@@H](O)CC(=O)N[C@H](CO)[C@@H](C)CC. The Kier molecular flexibility index (Phi) is 17.0. The molecule has 2 aromatic rings. The maximum atomic E-state index is 13.9. The minimum atomic E-state index is -1.20. The topological polar surface area (TPSA) is 166 Å². The zero-order valence-corrected chi connectivity index (χ0v) is 30.7. The lowest BCUT2D eigenvalue weighted by molar-refractivity contribution is -0.131. The molecule has 0 fully saturated rings. The third kappa shape index (κ3) is 14.4. The van der Waals surface area contributed by atoms with Crippen molar-refractivity contribution in [3.8, 4) is 0 Å². The largest absolute Gasteiger partial charge is 0.444 e. The maximum Gasteiger partial charge on any atom is 0.408 e. The van der Waals surface area contributed by atoms with E-state index in [4.69, 9.17) is 4.74 Å². The number of hydrogen-bond donors (Lipinski definition) is 6. The Balaban J connectivity index is 2.30. The van der Waals surface area contributed by atoms with Gasteiger partial charge < -0.3 is 36.2 Å². The Morgan fingerprint density at radius 1 is 0.837 bits per heavy atom. The van der Waals surface area contributed by atoms with E-state index in [-0.39, 0.29) is 31.3 Å². The number of fused-ring (bicyclic) bond motifs is 1. The third-order valence-corrected chi connectivity index (χ3v) is 8.58. The van der Waals surface area contributed by atoms with E-state index in [0.29, 0.717) is 19.3 Å². The van der Waals surface area contributed by atoms with Crippen molar-refractivity contribution in [3.63, 3.8) is 0 Å². The zero-order valence-electron chi connectivity index (χ0n) is 30.7. The van der Waals surface area contributed by atoms with Crippen molar-refractivity contribution < 1.29 is 34.1 Å². The Bertz CT molecular complexity index is 1350. The number of rotatable bonds is 19. The van der Waals surface area contributed by atoms with Crippen LogP contribution in [0.25, 0.3) is 10.8 Å². The van der Waals surface area contributed by atoms with E-state index in [1.165, 1.54) is 0 Å². The van der Waals surface area contributed by atoms with Gasteiger partial charge in [-0.1, -0.05) is 96.3 Å². The van der Waals surface area contributed by atoms with Crippen molar-refractivity contribution in [2.75, 3.05) is 6.61 Å². The predicted molar refractivity (Wildman–Crippen MR) is 193 cm³/mol. The number of ether oxygens (including phenoxy) is 1. The molecule has 0 aliphatic heterocycles. The minimum absolute atomic E-state index is 0.0504. The fourth-order valence-corrected chi connectivity index (χ4v) is 5.65. The molecule has 6 atom stereocenters. The predicted octanol–water partition coefficient (Wildman–Crippen LogP) is 4.76. The molecule has 11 nitrogen and oxygen atoms in total. The van der Waals surface area contributed by atoms with Crippen molar-refractivity contribution in [2.24, 2.45) is 11.8 Å². The van der Waals surface area contributed by atoms with Gasteiger partial charge in [0, 0.05) is 6.42 Å². The van der Waals surface area contributed by atoms with Gasteiger partial charge in [0.2, 0.25) is 17.7 Å². The lowest BCUT2D eigenvalue weighted by Gasteiger charge is -2.30. The molecule has 49 heavy (non-hydrogen) atoms. The van der Waals surface area contributed by atoms with Crippen LogP contribution in [0.3, 0.4) is 0 Å². The summed E-state index contributed by atoms with van der Waals surface area (Å²) in [5.74, 6) is -1.32. The van der Waals surface area contributed by atoms with Gasteiger partial charge in [-0.25, -0.2) is 4.79 Å². The van der Waals surface area contributed by atoms with E-state index < -0.39 is 59.7 Å². The summed E-state index contributed by atoms with van der Waals surface area (Å²) in [6.07, 6.45) is 0.858. The number of hydrogen-bond acceptors (Lipinski definition) is 7. The van der Waals surface area contributed by atoms with Crippen LogP contribution in [0.2, 0.25) is 0 Å². The van der Waals surface area contributed by atoms with Crippen molar-refractivity contribution in [1.82, 2.24) is 21.3 Å². The first kappa shape index (κ1) is 41.5. The molecule has 0 saturated heterocycles. The molecule has 0 saturated carbocycles. The first-order chi connectivity index (χ1) is 23.1. The second-order valence-corrected chi connectivity index (χ2v) is 14.5. The minimum Gasteiger partial charge on any atom is -0.444 e. The molecule has 0 bridgehead atoms. The molecule has 0 heterocycles. The molecule has 0 unspecified atom stereocenters. The molecular formula is C38H60N4O7. The van der Waals surface area contributed by atoms with Gasteiger partial charge in [-0.3, -0.25) is 14.4 Å². The molecule has 274 valence electrons. The Hall–Kier alpha value is -3.70. The number of amides is 4. The molecule has 0 aliphatic carbocycles. The fourth-order valence-electron chi connectivity index (χ4n) is 5.65. The van der Waals surface area contributed by atoms with Gasteiger partial charge in [0.25, 0.3) is 0 Å². The van der Waals surface area contributed by atoms with Crippen LogP contribution in [0.15, 0.2) is 42.5 Å². The second-order valence-electron chi connectivity index (χ2n) is 14.5. The van der Waals surface area contributed by atoms with Gasteiger partial charge in [0.15, 0.2) is 0 Å². The van der Waals surface area contributed by atoms with Crippen LogP contribution >= 0.6 is 0 Å². The molecule has 4 amide bonds. The smallest absolute Gasteiger partial charge is 0.408 e. The Labute approximate surface area is 292 Å². The highest BCUT2D eigenvalue weighted by atomic mass is 16.6. The van der Waals surface area contributed by atoms with E-state index in [1.807, 2.05) is 77.1 Å². The summed E-state index contributed by atoms with van der Waals surface area (Å²) >= 11 is 0. The van der Waals surface area contributed by atoms with Gasteiger partial charge in [-0.2, -0.15) is 0 Å². The molecule has 11 heteroatoms. The number of benzene rings is 2. The lowest BCUT2D eigenvalue weighted by Crippen LogP contribution is -2.57. The molecule has 2 aromatic carbocycles. The third-order valence-electron chi connectivity index (χ3n) is 8.58. The van der Waals surface area contributed by atoms with Gasteiger partial charge in [-0.05, 0) is 61.8 Å². The van der Waals surface area contributed by atoms with Crippen LogP contribution in [-0.4, -0.2) is 76.5 Å². The highest BCUT2D eigenvalue weighted by Gasteiger charge is 2.32. The number of carbonyl (C=O) groups excluding carboxylic acids is 4. The number of carbonyl (C=O) groups is 4. The van der Waals surface area contributed by atoms with Crippen molar-refractivity contribution in [3.05, 3.63) is 48.0 Å². The number of alkyl carbamates (subject to hydrolysis) is 1. The van der Waals surface area contributed by atoms with Crippen LogP contribution in [0.4, 0.5) is 4.79 Å². The summed E-state index contributed by atoms with van der Waals surface area (Å²) in [5.41, 5.74) is 0.0591. The number of aliphatic hydroxyl groups excluding tert-OH is 2. The van der Waals surface area contributed by atoms with E-state index >= 15 is 0 Å². The van der Waals surface area contributed by atoms with E-state index in [9.17, 15) is 29.4 Å². The first-order valence-corrected chi connectivity index (χ1v) is 17.7. The van der Waals surface area contributed by atoms with Crippen LogP contribution in [0.5, 0.6) is 0 Å². The van der Waals surface area contributed by atoms with Crippen molar-refractivity contribution in [1.29, 1.82) is 0 Å². The lowest BCUT2D eigenvalue weighted by atomic mass is 9.95. The van der Waals surface area contributed by atoms with Gasteiger partial charge in [0.05, 0.1) is 31.2 Å². The van der Waals surface area contributed by atoms with Crippen molar-refractivity contribution in [2.45, 2.75) is 136 Å². The van der Waals surface area contributed by atoms with E-state index in [1.54, 1.807) is 20.8 Å². The van der Waals surface area contributed by atoms with E-state index in [0.717, 1.165) is 29.2 Å². The van der Waals surface area contributed by atoms with Crippen LogP contribution in [0, 0.1) is 11.8 Å². The van der Waals surface area contributed by atoms with Crippen molar-refractivity contribution >= 4 is 34.6 Å². The highest BCUT2D eigenvalue weighted by molar-refractivity contribution is 5.92. The monoisotopic (exact) mass is 684 g/mol. The van der Waals surface area contributed by atoms with Gasteiger partial charge >= 0.3 is 6.09 Å². The Morgan fingerprint density at radius 3 is 2.10 bits per heavy atom. The average Bonchev–Trinajstić information content (AvgIpc) is 3.03. The molecule has 6 N–H and O–H groups in total. The maximum absolute atomic E-state index is 13.9. The second kappa shape index (κ2) is 20.1. The van der Waals surface area contributed by atoms with E-state index in [2.05, 4.69) is 21.3 Å². The molecule has 0 aromatic heterocycles. The summed E-state index contributed by atoms with van der Waals surface area (Å²) in [5, 5.41) is 34.1. The quantitative estimate of drug-likeness (QED) is 0.124. The standard InChI is InChI=1S/C38H60N4O7/c1-9-11-19-29(35(46)41-30(20-24(3)4)33(44)22-34(45)39-32(23-43)25(5)10-2)40-36(47)31(42-37(48)49-38(6,7)8)21-27-17-14-16-26-15-12-13-18-28(26)27/h12-18,24-25,29-33,43-44H,9-11,19-23H2,1-8H3,(H,39,45)(H,40,47)(H,41,46)(H,42,48)/t25-,29-,30-,31-,32+,33-/m0/s1. The van der Waals surface area contributed by atoms with Crippen LogP contribution in [-0.2, 0) is 25.5 Å². The molecule has 0 spiro atoms. The van der Waals surface area contributed by atoms with Gasteiger partial charge in [-0.15, -0.1) is 0 Å². The number of nitrogens with one attached hydrogen (secondary N) is 4. The Morgan fingerprint density at radius 2 is 1.49 bits per heavy atom. The van der Waals surface area contributed by atoms with Gasteiger partial charge in [0.1, 0.15) is 17.7 Å². The molecule has 2 rings (SSSR count). The number of unbranched alkanes of at least 4 members (excludes halogenated alkanes) is 1. The molecule has 0 aliphatic rings. The molecular weight excluding hydrogens is 624 g/mol. The summed E-state index contributed by atoms with van der Waals surface area (Å²) in [7, 11) is 0. The molecule has 0 radical (unpaired) electrons. The normalized spacial score (nSPS) is 15.4.